The van der Waals surface area contributed by atoms with E-state index in [1.807, 2.05) is 12.1 Å². The molecule has 2 aromatic carbocycles. The second-order valence-electron chi connectivity index (χ2n) is 6.77. The van der Waals surface area contributed by atoms with Crippen LogP contribution in [-0.2, 0) is 12.7 Å². The first-order valence-corrected chi connectivity index (χ1v) is 9.00. The van der Waals surface area contributed by atoms with E-state index in [2.05, 4.69) is 15.0 Å². The molecule has 0 fully saturated rings. The third kappa shape index (κ3) is 3.68. The summed E-state index contributed by atoms with van der Waals surface area (Å²) in [5.41, 5.74) is 5.67. The lowest BCUT2D eigenvalue weighted by molar-refractivity contribution is -0.140. The van der Waals surface area contributed by atoms with E-state index in [0.717, 1.165) is 6.07 Å². The Labute approximate surface area is 178 Å². The minimum Gasteiger partial charge on any atom is -0.368 e. The minimum absolute atomic E-state index is 0.158. The molecule has 4 rings (SSSR count). The van der Waals surface area contributed by atoms with Crippen LogP contribution in [-0.4, -0.2) is 19.5 Å². The highest BCUT2D eigenvalue weighted by Crippen LogP contribution is 2.33. The lowest BCUT2D eigenvalue weighted by Crippen LogP contribution is -2.11. The molecule has 0 spiro atoms. The molecular formula is C21H11F4N7. The van der Waals surface area contributed by atoms with Crippen molar-refractivity contribution in [3.05, 3.63) is 70.8 Å². The summed E-state index contributed by atoms with van der Waals surface area (Å²) in [4.78, 5) is 12.5. The molecule has 11 heteroatoms. The molecule has 0 aliphatic rings. The number of anilines is 1. The number of nitriles is 2. The van der Waals surface area contributed by atoms with Gasteiger partial charge in [0.2, 0.25) is 5.95 Å². The maximum absolute atomic E-state index is 14.5. The Kier molecular flexibility index (Phi) is 4.95. The van der Waals surface area contributed by atoms with Gasteiger partial charge >= 0.3 is 6.18 Å². The number of alkyl halides is 3. The molecule has 0 saturated carbocycles. The van der Waals surface area contributed by atoms with Crippen molar-refractivity contribution in [2.24, 2.45) is 0 Å². The van der Waals surface area contributed by atoms with Gasteiger partial charge in [-0.2, -0.15) is 28.7 Å². The zero-order valence-electron chi connectivity index (χ0n) is 16.0. The van der Waals surface area contributed by atoms with Crippen molar-refractivity contribution in [3.8, 4) is 23.4 Å². The van der Waals surface area contributed by atoms with Crippen LogP contribution < -0.4 is 5.73 Å². The summed E-state index contributed by atoms with van der Waals surface area (Å²) in [6, 6.07) is 11.3. The summed E-state index contributed by atoms with van der Waals surface area (Å²) in [6.45, 7) is -0.288. The monoisotopic (exact) mass is 437 g/mol. The van der Waals surface area contributed by atoms with Crippen LogP contribution in [0, 0.1) is 28.5 Å². The Morgan fingerprint density at radius 3 is 2.34 bits per heavy atom. The van der Waals surface area contributed by atoms with Crippen molar-refractivity contribution in [1.29, 1.82) is 10.5 Å². The molecule has 32 heavy (non-hydrogen) atoms. The van der Waals surface area contributed by atoms with Gasteiger partial charge in [0.05, 0.1) is 41.7 Å². The number of nitrogens with zero attached hydrogens (tertiary/aromatic N) is 6. The van der Waals surface area contributed by atoms with Gasteiger partial charge in [-0.15, -0.1) is 0 Å². The second-order valence-corrected chi connectivity index (χ2v) is 6.77. The van der Waals surface area contributed by atoms with Gasteiger partial charge in [-0.05, 0) is 24.3 Å². The van der Waals surface area contributed by atoms with Crippen molar-refractivity contribution >= 4 is 17.1 Å². The molecule has 0 saturated heterocycles. The first kappa shape index (κ1) is 20.8. The number of nitrogen functional groups attached to an aromatic ring is 1. The quantitative estimate of drug-likeness (QED) is 0.484. The fourth-order valence-electron chi connectivity index (χ4n) is 3.28. The summed E-state index contributed by atoms with van der Waals surface area (Å²) in [7, 11) is 0. The summed E-state index contributed by atoms with van der Waals surface area (Å²) in [6.07, 6.45) is -3.55. The van der Waals surface area contributed by atoms with Crippen LogP contribution in [0.25, 0.3) is 22.4 Å². The number of imidazole rings is 1. The number of rotatable bonds is 3. The normalized spacial score (nSPS) is 11.3. The molecule has 0 atom stereocenters. The summed E-state index contributed by atoms with van der Waals surface area (Å²) in [5.74, 6) is -1.55. The summed E-state index contributed by atoms with van der Waals surface area (Å²) >= 11 is 0. The third-order valence-corrected chi connectivity index (χ3v) is 4.67. The number of aromatic nitrogens is 4. The van der Waals surface area contributed by atoms with Crippen molar-refractivity contribution in [2.45, 2.75) is 12.7 Å². The van der Waals surface area contributed by atoms with E-state index >= 15 is 0 Å². The molecule has 0 aliphatic carbocycles. The van der Waals surface area contributed by atoms with E-state index in [-0.39, 0.29) is 46.0 Å². The van der Waals surface area contributed by atoms with Gasteiger partial charge in [-0.1, -0.05) is 12.1 Å². The molecule has 2 heterocycles. The van der Waals surface area contributed by atoms with Crippen LogP contribution in [0.4, 0.5) is 23.5 Å². The maximum atomic E-state index is 14.5. The van der Waals surface area contributed by atoms with Gasteiger partial charge in [0.15, 0.2) is 5.65 Å². The van der Waals surface area contributed by atoms with Crippen LogP contribution >= 0.6 is 0 Å². The fourth-order valence-corrected chi connectivity index (χ4v) is 3.28. The topological polar surface area (TPSA) is 117 Å². The maximum Gasteiger partial charge on any atom is 0.419 e. The average Bonchev–Trinajstić information content (AvgIpc) is 3.15. The van der Waals surface area contributed by atoms with E-state index in [0.29, 0.717) is 11.6 Å². The van der Waals surface area contributed by atoms with E-state index in [1.54, 1.807) is 0 Å². The van der Waals surface area contributed by atoms with Crippen molar-refractivity contribution < 1.29 is 17.6 Å². The molecule has 0 amide bonds. The van der Waals surface area contributed by atoms with Crippen LogP contribution in [0.15, 0.2) is 42.7 Å². The first-order valence-electron chi connectivity index (χ1n) is 9.00. The molecule has 7 nitrogen and oxygen atoms in total. The van der Waals surface area contributed by atoms with Crippen LogP contribution in [0.3, 0.4) is 0 Å². The zero-order chi connectivity index (χ0) is 23.0. The average molecular weight is 437 g/mol. The lowest BCUT2D eigenvalue weighted by Gasteiger charge is -2.12. The zero-order valence-corrected chi connectivity index (χ0v) is 16.0. The summed E-state index contributed by atoms with van der Waals surface area (Å²) in [5, 5.41) is 18.4. The number of hydrogen-bond donors (Lipinski definition) is 1. The predicted octanol–water partition coefficient (Wildman–Crippen LogP) is 4.03. The molecule has 2 N–H and O–H groups in total. The molecule has 158 valence electrons. The van der Waals surface area contributed by atoms with E-state index < -0.39 is 17.6 Å². The Morgan fingerprint density at radius 2 is 1.72 bits per heavy atom. The third-order valence-electron chi connectivity index (χ3n) is 4.67. The predicted molar refractivity (Wildman–Crippen MR) is 105 cm³/mol. The Morgan fingerprint density at radius 1 is 1.03 bits per heavy atom. The smallest absolute Gasteiger partial charge is 0.368 e. The molecule has 4 aromatic rings. The van der Waals surface area contributed by atoms with E-state index in [9.17, 15) is 28.1 Å². The number of nitrogens with two attached hydrogens (primary N) is 1. The molecule has 0 bridgehead atoms. The highest BCUT2D eigenvalue weighted by Gasteiger charge is 2.34. The Hall–Kier alpha value is -4.51. The standard InChI is InChI=1S/C21H11F4N7/c22-16-13(2-1-3-15(16)21(23,24)25)9-32-10-29-18-17(30-20(28)31-19(18)32)14-5-11(7-26)4-12(6-14)8-27/h1-6,10H,9H2,(H2,28,30,31). The van der Waals surface area contributed by atoms with Crippen LogP contribution in [0.1, 0.15) is 22.3 Å². The van der Waals surface area contributed by atoms with Gasteiger partial charge in [0.1, 0.15) is 17.0 Å². The minimum atomic E-state index is -4.83. The largest absolute Gasteiger partial charge is 0.419 e. The van der Waals surface area contributed by atoms with Gasteiger partial charge in [0, 0.05) is 11.1 Å². The van der Waals surface area contributed by atoms with Gasteiger partial charge in [0.25, 0.3) is 0 Å². The lowest BCUT2D eigenvalue weighted by atomic mass is 10.0. The van der Waals surface area contributed by atoms with Gasteiger partial charge < -0.3 is 10.3 Å². The Balaban J connectivity index is 1.85. The number of halogens is 4. The highest BCUT2D eigenvalue weighted by atomic mass is 19.4. The molecule has 0 aliphatic heterocycles. The van der Waals surface area contributed by atoms with Crippen molar-refractivity contribution in [2.75, 3.05) is 5.73 Å². The van der Waals surface area contributed by atoms with Gasteiger partial charge in [-0.25, -0.2) is 14.4 Å². The number of benzene rings is 2. The van der Waals surface area contributed by atoms with Crippen molar-refractivity contribution in [1.82, 2.24) is 19.5 Å². The van der Waals surface area contributed by atoms with Crippen molar-refractivity contribution in [3.63, 3.8) is 0 Å². The Bertz CT molecular complexity index is 1410. The highest BCUT2D eigenvalue weighted by molar-refractivity contribution is 5.89. The van der Waals surface area contributed by atoms with Crippen LogP contribution in [0.5, 0.6) is 0 Å². The number of hydrogen-bond acceptors (Lipinski definition) is 6. The van der Waals surface area contributed by atoms with Gasteiger partial charge in [-0.3, -0.25) is 0 Å². The second kappa shape index (κ2) is 7.63. The molecule has 0 unspecified atom stereocenters. The fraction of sp³-hybridized carbons (Fsp3) is 0.0952. The molecular weight excluding hydrogens is 426 g/mol. The molecule has 2 aromatic heterocycles. The first-order chi connectivity index (χ1) is 15.2. The summed E-state index contributed by atoms with van der Waals surface area (Å²) < 4.78 is 54.9. The van der Waals surface area contributed by atoms with E-state index in [1.165, 1.54) is 35.2 Å². The SMILES string of the molecule is N#Cc1cc(C#N)cc(-c2nc(N)nc3c2ncn3Cc2cccc(C(F)(F)F)c2F)c1. The molecule has 0 radical (unpaired) electrons. The number of fused-ring (bicyclic) bond motifs is 1. The van der Waals surface area contributed by atoms with E-state index in [4.69, 9.17) is 5.73 Å². The van der Waals surface area contributed by atoms with Crippen LogP contribution in [0.2, 0.25) is 0 Å².